The lowest BCUT2D eigenvalue weighted by atomic mass is 10.1. The summed E-state index contributed by atoms with van der Waals surface area (Å²) in [6.07, 6.45) is 2.17. The number of halogens is 1. The number of carbonyl (C=O) groups is 1. The van der Waals surface area contributed by atoms with Crippen LogP contribution in [0.4, 0.5) is 5.69 Å². The molecule has 0 saturated carbocycles. The molecule has 0 spiro atoms. The summed E-state index contributed by atoms with van der Waals surface area (Å²) < 4.78 is 11.4. The molecule has 0 aliphatic carbocycles. The molecular weight excluding hydrogens is 410 g/mol. The molecule has 0 aromatic heterocycles. The first-order chi connectivity index (χ1) is 13.1. The fourth-order valence-electron chi connectivity index (χ4n) is 2.33. The van der Waals surface area contributed by atoms with Gasteiger partial charge in [0.1, 0.15) is 23.1 Å². The standard InChI is InChI=1S/C20H20BrN3O3/c1-26-16-7-8-19(27-2)18(11-16)24-20(25)15(12-22)13-23-10-9-14-5-3-4-6-17(14)21/h3-8,11,13,23H,9-10H2,1-2H3,(H,24,25)/b15-13-. The van der Waals surface area contributed by atoms with Crippen LogP contribution < -0.4 is 20.1 Å². The van der Waals surface area contributed by atoms with E-state index in [9.17, 15) is 10.1 Å². The number of nitrogens with one attached hydrogen (secondary N) is 2. The molecule has 140 valence electrons. The summed E-state index contributed by atoms with van der Waals surface area (Å²) in [6, 6.07) is 14.8. The van der Waals surface area contributed by atoms with Gasteiger partial charge in [0.15, 0.2) is 0 Å². The highest BCUT2D eigenvalue weighted by atomic mass is 79.9. The van der Waals surface area contributed by atoms with Crippen LogP contribution in [0.15, 0.2) is 58.7 Å². The van der Waals surface area contributed by atoms with Gasteiger partial charge in [-0.1, -0.05) is 34.1 Å². The fraction of sp³-hybridized carbons (Fsp3) is 0.200. The molecule has 0 radical (unpaired) electrons. The van der Waals surface area contributed by atoms with Crippen LogP contribution in [0.2, 0.25) is 0 Å². The van der Waals surface area contributed by atoms with E-state index < -0.39 is 5.91 Å². The maximum atomic E-state index is 12.4. The van der Waals surface area contributed by atoms with Gasteiger partial charge < -0.3 is 20.1 Å². The molecule has 6 nitrogen and oxygen atoms in total. The van der Waals surface area contributed by atoms with Crippen molar-refractivity contribution in [3.05, 3.63) is 64.3 Å². The van der Waals surface area contributed by atoms with Gasteiger partial charge in [0.25, 0.3) is 5.91 Å². The minimum Gasteiger partial charge on any atom is -0.497 e. The summed E-state index contributed by atoms with van der Waals surface area (Å²) in [6.45, 7) is 0.587. The predicted molar refractivity (Wildman–Crippen MR) is 108 cm³/mol. The SMILES string of the molecule is COc1ccc(OC)c(NC(=O)/C(C#N)=C\NCCc2ccccc2Br)c1. The molecule has 0 heterocycles. The van der Waals surface area contributed by atoms with Gasteiger partial charge in [-0.25, -0.2) is 0 Å². The summed E-state index contributed by atoms with van der Waals surface area (Å²) in [5, 5.41) is 15.0. The van der Waals surface area contributed by atoms with Crippen LogP contribution >= 0.6 is 15.9 Å². The highest BCUT2D eigenvalue weighted by Crippen LogP contribution is 2.29. The van der Waals surface area contributed by atoms with Crippen LogP contribution in [0.3, 0.4) is 0 Å². The smallest absolute Gasteiger partial charge is 0.267 e. The largest absolute Gasteiger partial charge is 0.497 e. The Morgan fingerprint density at radius 1 is 1.22 bits per heavy atom. The predicted octanol–water partition coefficient (Wildman–Crippen LogP) is 3.64. The lowest BCUT2D eigenvalue weighted by Crippen LogP contribution is -2.18. The van der Waals surface area contributed by atoms with Crippen molar-refractivity contribution < 1.29 is 14.3 Å². The van der Waals surface area contributed by atoms with E-state index in [1.807, 2.05) is 30.3 Å². The first kappa shape index (κ1) is 20.3. The van der Waals surface area contributed by atoms with Crippen molar-refractivity contribution in [2.24, 2.45) is 0 Å². The molecule has 2 rings (SSSR count). The molecule has 0 aliphatic rings. The molecule has 0 atom stereocenters. The van der Waals surface area contributed by atoms with Crippen LogP contribution in [-0.4, -0.2) is 26.7 Å². The minimum absolute atomic E-state index is 0.0352. The van der Waals surface area contributed by atoms with Crippen molar-refractivity contribution in [3.63, 3.8) is 0 Å². The van der Waals surface area contributed by atoms with Crippen molar-refractivity contribution in [1.29, 1.82) is 5.26 Å². The molecule has 0 unspecified atom stereocenters. The number of anilines is 1. The van der Waals surface area contributed by atoms with Gasteiger partial charge in [0.2, 0.25) is 0 Å². The molecule has 0 aliphatic heterocycles. The van der Waals surface area contributed by atoms with E-state index in [1.54, 1.807) is 18.2 Å². The maximum absolute atomic E-state index is 12.4. The molecule has 2 aromatic carbocycles. The average Bonchev–Trinajstić information content (AvgIpc) is 2.69. The monoisotopic (exact) mass is 429 g/mol. The van der Waals surface area contributed by atoms with Gasteiger partial charge >= 0.3 is 0 Å². The van der Waals surface area contributed by atoms with E-state index in [-0.39, 0.29) is 5.57 Å². The minimum atomic E-state index is -0.530. The Morgan fingerprint density at radius 2 is 2.00 bits per heavy atom. The van der Waals surface area contributed by atoms with E-state index in [4.69, 9.17) is 9.47 Å². The number of hydrogen-bond donors (Lipinski definition) is 2. The van der Waals surface area contributed by atoms with E-state index in [0.717, 1.165) is 16.5 Å². The third-order valence-electron chi connectivity index (χ3n) is 3.76. The van der Waals surface area contributed by atoms with E-state index in [2.05, 4.69) is 26.6 Å². The zero-order valence-electron chi connectivity index (χ0n) is 15.1. The van der Waals surface area contributed by atoms with Gasteiger partial charge in [-0.2, -0.15) is 5.26 Å². The van der Waals surface area contributed by atoms with Crippen LogP contribution in [-0.2, 0) is 11.2 Å². The number of amides is 1. The number of rotatable bonds is 8. The number of benzene rings is 2. The Hall–Kier alpha value is -2.98. The second kappa shape index (κ2) is 10.2. The Labute approximate surface area is 166 Å². The number of nitriles is 1. The van der Waals surface area contributed by atoms with Crippen molar-refractivity contribution >= 4 is 27.5 Å². The van der Waals surface area contributed by atoms with Crippen molar-refractivity contribution in [2.75, 3.05) is 26.1 Å². The van der Waals surface area contributed by atoms with Gasteiger partial charge in [-0.3, -0.25) is 4.79 Å². The summed E-state index contributed by atoms with van der Waals surface area (Å²) in [7, 11) is 3.03. The summed E-state index contributed by atoms with van der Waals surface area (Å²) in [5.74, 6) is 0.515. The Bertz CT molecular complexity index is 875. The zero-order chi connectivity index (χ0) is 19.6. The molecule has 2 N–H and O–H groups in total. The number of hydrogen-bond acceptors (Lipinski definition) is 5. The highest BCUT2D eigenvalue weighted by molar-refractivity contribution is 9.10. The maximum Gasteiger partial charge on any atom is 0.267 e. The Morgan fingerprint density at radius 3 is 2.67 bits per heavy atom. The van der Waals surface area contributed by atoms with Crippen LogP contribution in [0, 0.1) is 11.3 Å². The first-order valence-electron chi connectivity index (χ1n) is 8.19. The topological polar surface area (TPSA) is 83.4 Å². The number of methoxy groups -OCH3 is 2. The summed E-state index contributed by atoms with van der Waals surface area (Å²) in [4.78, 5) is 12.4. The van der Waals surface area contributed by atoms with Crippen molar-refractivity contribution in [3.8, 4) is 17.6 Å². The lowest BCUT2D eigenvalue weighted by Gasteiger charge is -2.11. The van der Waals surface area contributed by atoms with Gasteiger partial charge in [-0.05, 0) is 30.2 Å². The van der Waals surface area contributed by atoms with Gasteiger partial charge in [0, 0.05) is 23.3 Å². The normalized spacial score (nSPS) is 10.7. The van der Waals surface area contributed by atoms with E-state index in [1.165, 1.54) is 20.4 Å². The van der Waals surface area contributed by atoms with Gasteiger partial charge in [0.05, 0.1) is 19.9 Å². The average molecular weight is 430 g/mol. The van der Waals surface area contributed by atoms with Crippen LogP contribution in [0.25, 0.3) is 0 Å². The third-order valence-corrected chi connectivity index (χ3v) is 4.54. The van der Waals surface area contributed by atoms with Crippen LogP contribution in [0.1, 0.15) is 5.56 Å². The van der Waals surface area contributed by atoms with E-state index >= 15 is 0 Å². The molecule has 0 fully saturated rings. The fourth-order valence-corrected chi connectivity index (χ4v) is 2.82. The Kier molecular flexibility index (Phi) is 7.71. The molecule has 2 aromatic rings. The molecule has 0 bridgehead atoms. The third kappa shape index (κ3) is 5.76. The lowest BCUT2D eigenvalue weighted by molar-refractivity contribution is -0.112. The highest BCUT2D eigenvalue weighted by Gasteiger charge is 2.13. The Balaban J connectivity index is 2.00. The zero-order valence-corrected chi connectivity index (χ0v) is 16.7. The first-order valence-corrected chi connectivity index (χ1v) is 8.98. The van der Waals surface area contributed by atoms with E-state index in [0.29, 0.717) is 23.7 Å². The second-order valence-electron chi connectivity index (χ2n) is 5.49. The summed E-state index contributed by atoms with van der Waals surface area (Å²) in [5.41, 5.74) is 1.53. The van der Waals surface area contributed by atoms with Crippen molar-refractivity contribution in [2.45, 2.75) is 6.42 Å². The molecule has 1 amide bonds. The van der Waals surface area contributed by atoms with Crippen LogP contribution in [0.5, 0.6) is 11.5 Å². The number of nitrogens with zero attached hydrogens (tertiary/aromatic N) is 1. The number of ether oxygens (including phenoxy) is 2. The molecule has 7 heteroatoms. The number of carbonyl (C=O) groups excluding carboxylic acids is 1. The molecular formula is C20H20BrN3O3. The summed E-state index contributed by atoms with van der Waals surface area (Å²) >= 11 is 3.49. The quantitative estimate of drug-likeness (QED) is 0.380. The molecule has 27 heavy (non-hydrogen) atoms. The van der Waals surface area contributed by atoms with Crippen molar-refractivity contribution in [1.82, 2.24) is 5.32 Å². The second-order valence-corrected chi connectivity index (χ2v) is 6.34. The van der Waals surface area contributed by atoms with Gasteiger partial charge in [-0.15, -0.1) is 0 Å². The molecule has 0 saturated heterocycles.